The fraction of sp³-hybridized carbons (Fsp3) is 0.222. The Hall–Kier alpha value is -2.95. The summed E-state index contributed by atoms with van der Waals surface area (Å²) in [6, 6.07) is 31.8. The standard InChI is InChI=1S/C27H28O3Si/c1-22(28)29-21-23-13-11-12-20-27(23)30-31(24-14-5-2-6-15-24,25-16-7-3-8-17-25)26-18-9-4-10-19-26/h2-10,13-19,27H,11-12,20-21H2,1H3. The van der Waals surface area contributed by atoms with Crippen molar-refractivity contribution in [1.29, 1.82) is 0 Å². The highest BCUT2D eigenvalue weighted by atomic mass is 28.4. The summed E-state index contributed by atoms with van der Waals surface area (Å²) in [5.41, 5.74) is 1.07. The summed E-state index contributed by atoms with van der Waals surface area (Å²) in [5, 5.41) is 3.64. The maximum absolute atomic E-state index is 11.5. The van der Waals surface area contributed by atoms with Crippen molar-refractivity contribution >= 4 is 29.8 Å². The van der Waals surface area contributed by atoms with Crippen molar-refractivity contribution in [3.05, 3.63) is 103 Å². The molecule has 3 aromatic rings. The topological polar surface area (TPSA) is 35.5 Å². The van der Waals surface area contributed by atoms with Crippen molar-refractivity contribution in [3.8, 4) is 0 Å². The second-order valence-corrected chi connectivity index (χ2v) is 11.2. The first-order chi connectivity index (χ1) is 15.2. The predicted molar refractivity (Wildman–Crippen MR) is 127 cm³/mol. The van der Waals surface area contributed by atoms with Gasteiger partial charge in [0.25, 0.3) is 8.32 Å². The summed E-state index contributed by atoms with van der Waals surface area (Å²) in [6.07, 6.45) is 5.09. The third-order valence-corrected chi connectivity index (χ3v) is 9.87. The molecule has 3 aromatic carbocycles. The molecule has 4 rings (SSSR count). The molecule has 158 valence electrons. The van der Waals surface area contributed by atoms with Crippen LogP contribution < -0.4 is 15.6 Å². The highest BCUT2D eigenvalue weighted by Gasteiger charge is 2.44. The van der Waals surface area contributed by atoms with Gasteiger partial charge in [-0.05, 0) is 40.4 Å². The van der Waals surface area contributed by atoms with Gasteiger partial charge in [-0.3, -0.25) is 4.79 Å². The van der Waals surface area contributed by atoms with E-state index in [0.29, 0.717) is 6.61 Å². The third-order valence-electron chi connectivity index (χ3n) is 5.79. The van der Waals surface area contributed by atoms with E-state index in [-0.39, 0.29) is 12.1 Å². The highest BCUT2D eigenvalue weighted by molar-refractivity contribution is 7.07. The van der Waals surface area contributed by atoms with E-state index in [1.54, 1.807) is 0 Å². The lowest BCUT2D eigenvalue weighted by Crippen LogP contribution is -2.70. The Bertz CT molecular complexity index is 919. The molecule has 0 amide bonds. The molecule has 1 unspecified atom stereocenters. The van der Waals surface area contributed by atoms with Gasteiger partial charge in [-0.1, -0.05) is 97.1 Å². The maximum Gasteiger partial charge on any atom is 0.302 e. The van der Waals surface area contributed by atoms with Crippen LogP contribution in [-0.2, 0) is 14.0 Å². The second kappa shape index (κ2) is 9.90. The first-order valence-electron chi connectivity index (χ1n) is 10.9. The summed E-state index contributed by atoms with van der Waals surface area (Å²) in [5.74, 6) is -0.261. The normalized spacial score (nSPS) is 16.4. The smallest absolute Gasteiger partial charge is 0.302 e. The van der Waals surface area contributed by atoms with Gasteiger partial charge in [0.15, 0.2) is 0 Å². The summed E-state index contributed by atoms with van der Waals surface area (Å²) in [6.45, 7) is 1.75. The summed E-state index contributed by atoms with van der Waals surface area (Å²) in [7, 11) is -2.79. The lowest BCUT2D eigenvalue weighted by molar-refractivity contribution is -0.140. The van der Waals surface area contributed by atoms with Gasteiger partial charge in [0.1, 0.15) is 6.61 Å². The minimum Gasteiger partial charge on any atom is -0.461 e. The summed E-state index contributed by atoms with van der Waals surface area (Å²) in [4.78, 5) is 11.5. The quantitative estimate of drug-likeness (QED) is 0.249. The second-order valence-electron chi connectivity index (χ2n) is 7.88. The predicted octanol–water partition coefficient (Wildman–Crippen LogP) is 3.71. The molecule has 0 aromatic heterocycles. The fourth-order valence-electron chi connectivity index (χ4n) is 4.32. The Balaban J connectivity index is 1.85. The van der Waals surface area contributed by atoms with Crippen molar-refractivity contribution in [2.45, 2.75) is 32.3 Å². The molecule has 0 aliphatic heterocycles. The molecule has 0 saturated carbocycles. The fourth-order valence-corrected chi connectivity index (χ4v) is 8.40. The SMILES string of the molecule is CC(=O)OCC1=CCCCC1O[Si](c1ccccc1)(c1ccccc1)c1ccccc1. The molecule has 31 heavy (non-hydrogen) atoms. The van der Waals surface area contributed by atoms with E-state index in [1.165, 1.54) is 22.5 Å². The zero-order valence-corrected chi connectivity index (χ0v) is 18.9. The van der Waals surface area contributed by atoms with Gasteiger partial charge < -0.3 is 9.16 Å². The van der Waals surface area contributed by atoms with Crippen molar-refractivity contribution < 1.29 is 14.0 Å². The average Bonchev–Trinajstić information content (AvgIpc) is 2.83. The zero-order chi connectivity index (χ0) is 21.5. The van der Waals surface area contributed by atoms with E-state index in [0.717, 1.165) is 24.8 Å². The molecule has 0 radical (unpaired) electrons. The number of hydrogen-bond donors (Lipinski definition) is 0. The van der Waals surface area contributed by atoms with Gasteiger partial charge >= 0.3 is 5.97 Å². The number of carbonyl (C=O) groups excluding carboxylic acids is 1. The first-order valence-corrected chi connectivity index (χ1v) is 12.8. The van der Waals surface area contributed by atoms with E-state index in [2.05, 4.69) is 78.9 Å². The van der Waals surface area contributed by atoms with Gasteiger partial charge in [-0.25, -0.2) is 0 Å². The Kier molecular flexibility index (Phi) is 6.80. The molecule has 0 saturated heterocycles. The number of ether oxygens (including phenoxy) is 1. The van der Waals surface area contributed by atoms with Crippen LogP contribution in [0.2, 0.25) is 0 Å². The lowest BCUT2D eigenvalue weighted by atomic mass is 9.97. The van der Waals surface area contributed by atoms with E-state index in [9.17, 15) is 4.79 Å². The van der Waals surface area contributed by atoms with Crippen LogP contribution >= 0.6 is 0 Å². The summed E-state index contributed by atoms with van der Waals surface area (Å²) >= 11 is 0. The molecule has 0 fully saturated rings. The van der Waals surface area contributed by atoms with Crippen LogP contribution in [0.1, 0.15) is 26.2 Å². The maximum atomic E-state index is 11.5. The van der Waals surface area contributed by atoms with E-state index in [4.69, 9.17) is 9.16 Å². The van der Waals surface area contributed by atoms with E-state index < -0.39 is 8.32 Å². The Labute approximate surface area is 185 Å². The number of carbonyl (C=O) groups is 1. The van der Waals surface area contributed by atoms with Crippen molar-refractivity contribution in [1.82, 2.24) is 0 Å². The molecular formula is C27H28O3Si. The number of rotatable bonds is 7. The molecule has 1 aliphatic carbocycles. The number of esters is 1. The van der Waals surface area contributed by atoms with Crippen LogP contribution in [0.3, 0.4) is 0 Å². The van der Waals surface area contributed by atoms with Gasteiger partial charge in [0.05, 0.1) is 6.10 Å². The van der Waals surface area contributed by atoms with Crippen LogP contribution in [0.15, 0.2) is 103 Å². The Morgan fingerprint density at radius 1 is 0.839 bits per heavy atom. The van der Waals surface area contributed by atoms with Crippen LogP contribution in [0, 0.1) is 0 Å². The summed E-state index contributed by atoms with van der Waals surface area (Å²) < 4.78 is 12.6. The zero-order valence-electron chi connectivity index (χ0n) is 17.9. The van der Waals surface area contributed by atoms with Gasteiger partial charge in [0.2, 0.25) is 0 Å². The number of allylic oxidation sites excluding steroid dienone is 1. The van der Waals surface area contributed by atoms with Crippen LogP contribution in [0.5, 0.6) is 0 Å². The monoisotopic (exact) mass is 428 g/mol. The molecule has 0 bridgehead atoms. The molecule has 0 heterocycles. The Morgan fingerprint density at radius 2 is 1.32 bits per heavy atom. The van der Waals surface area contributed by atoms with Crippen molar-refractivity contribution in [3.63, 3.8) is 0 Å². The van der Waals surface area contributed by atoms with Crippen LogP contribution in [-0.4, -0.2) is 27.0 Å². The minimum atomic E-state index is -2.79. The van der Waals surface area contributed by atoms with Crippen molar-refractivity contribution in [2.24, 2.45) is 0 Å². The number of benzene rings is 3. The lowest BCUT2D eigenvalue weighted by Gasteiger charge is -2.38. The molecule has 0 N–H and O–H groups in total. The van der Waals surface area contributed by atoms with Gasteiger partial charge in [0, 0.05) is 6.92 Å². The van der Waals surface area contributed by atoms with E-state index >= 15 is 0 Å². The van der Waals surface area contributed by atoms with Crippen LogP contribution in [0.4, 0.5) is 0 Å². The van der Waals surface area contributed by atoms with Crippen molar-refractivity contribution in [2.75, 3.05) is 6.61 Å². The average molecular weight is 429 g/mol. The largest absolute Gasteiger partial charge is 0.461 e. The molecule has 1 atom stereocenters. The molecule has 0 spiro atoms. The molecule has 1 aliphatic rings. The molecule has 4 heteroatoms. The Morgan fingerprint density at radius 3 is 1.77 bits per heavy atom. The highest BCUT2D eigenvalue weighted by Crippen LogP contribution is 2.25. The van der Waals surface area contributed by atoms with E-state index in [1.807, 2.05) is 18.2 Å². The first kappa shape index (κ1) is 21.3. The van der Waals surface area contributed by atoms with Gasteiger partial charge in [-0.2, -0.15) is 0 Å². The van der Waals surface area contributed by atoms with Crippen LogP contribution in [0.25, 0.3) is 0 Å². The third kappa shape index (κ3) is 4.71. The van der Waals surface area contributed by atoms with Gasteiger partial charge in [-0.15, -0.1) is 0 Å². The minimum absolute atomic E-state index is 0.0830. The molecular weight excluding hydrogens is 400 g/mol. The number of hydrogen-bond acceptors (Lipinski definition) is 3. The molecule has 3 nitrogen and oxygen atoms in total.